The van der Waals surface area contributed by atoms with Gasteiger partial charge in [-0.25, -0.2) is 15.2 Å². The molecule has 1 aliphatic heterocycles. The van der Waals surface area contributed by atoms with Crippen LogP contribution in [0.3, 0.4) is 0 Å². The summed E-state index contributed by atoms with van der Waals surface area (Å²) in [5, 5.41) is 9.24. The fraction of sp³-hybridized carbons (Fsp3) is 0.667. The number of amides is 1. The second kappa shape index (κ2) is 1.38. The lowest BCUT2D eigenvalue weighted by molar-refractivity contribution is 0.0811. The molecule has 0 aromatic rings. The van der Waals surface area contributed by atoms with Gasteiger partial charge < -0.3 is 5.11 Å². The highest BCUT2D eigenvalue weighted by atomic mass is 16.4. The van der Waals surface area contributed by atoms with Crippen LogP contribution in [-0.4, -0.2) is 29.3 Å². The molecule has 7 heavy (non-hydrogen) atoms. The molecule has 4 heteroatoms. The molecule has 1 rings (SSSR count). The van der Waals surface area contributed by atoms with Crippen LogP contribution in [0.1, 0.15) is 0 Å². The van der Waals surface area contributed by atoms with E-state index in [-0.39, 0.29) is 0 Å². The summed E-state index contributed by atoms with van der Waals surface area (Å²) in [6.07, 6.45) is -0.897. The summed E-state index contributed by atoms with van der Waals surface area (Å²) in [5.74, 6) is 0. The first-order valence-electron chi connectivity index (χ1n) is 2.04. The van der Waals surface area contributed by atoms with Gasteiger partial charge in [-0.15, -0.1) is 0 Å². The molecule has 1 aliphatic rings. The van der Waals surface area contributed by atoms with Crippen molar-refractivity contribution in [1.29, 1.82) is 0 Å². The van der Waals surface area contributed by atoms with Gasteiger partial charge in [0.05, 0.1) is 6.54 Å². The number of rotatable bonds is 0. The summed E-state index contributed by atoms with van der Waals surface area (Å²) >= 11 is 0. The number of nitrogens with zero attached hydrogens (tertiary/aromatic N) is 1. The van der Waals surface area contributed by atoms with Crippen LogP contribution >= 0.6 is 0 Å². The van der Waals surface area contributed by atoms with Gasteiger partial charge in [0.1, 0.15) is 0 Å². The maximum absolute atomic E-state index is 9.85. The minimum Gasteiger partial charge on any atom is -0.464 e. The van der Waals surface area contributed by atoms with E-state index in [1.165, 1.54) is 0 Å². The third kappa shape index (κ3) is 0.640. The third-order valence-electron chi connectivity index (χ3n) is 0.869. The first-order valence-corrected chi connectivity index (χ1v) is 2.04. The van der Waals surface area contributed by atoms with Crippen molar-refractivity contribution in [3.8, 4) is 0 Å². The molecule has 1 amide bonds. The molecule has 0 saturated carbocycles. The smallest absolute Gasteiger partial charge is 0.421 e. The molecule has 1 heterocycles. The van der Waals surface area contributed by atoms with Crippen LogP contribution in [0.2, 0.25) is 0 Å². The highest BCUT2D eigenvalue weighted by molar-refractivity contribution is 5.64. The normalized spacial score (nSPS) is 18.6. The van der Waals surface area contributed by atoms with E-state index in [2.05, 4.69) is 5.43 Å². The molecule has 40 valence electrons. The molecule has 4 nitrogen and oxygen atoms in total. The summed E-state index contributed by atoms with van der Waals surface area (Å²) in [4.78, 5) is 9.85. The van der Waals surface area contributed by atoms with Crippen molar-refractivity contribution in [3.05, 3.63) is 0 Å². The molecule has 0 spiro atoms. The largest absolute Gasteiger partial charge is 0.464 e. The molecule has 1 saturated heterocycles. The van der Waals surface area contributed by atoms with Crippen LogP contribution in [0, 0.1) is 0 Å². The number of hydrazine groups is 1. The summed E-state index contributed by atoms with van der Waals surface area (Å²) in [6, 6.07) is 0. The van der Waals surface area contributed by atoms with Crippen molar-refractivity contribution >= 4 is 6.09 Å². The van der Waals surface area contributed by atoms with E-state index in [4.69, 9.17) is 5.11 Å². The van der Waals surface area contributed by atoms with Crippen molar-refractivity contribution in [2.75, 3.05) is 13.1 Å². The Kier molecular flexibility index (Phi) is 0.867. The van der Waals surface area contributed by atoms with E-state index in [9.17, 15) is 4.79 Å². The van der Waals surface area contributed by atoms with Gasteiger partial charge in [-0.2, -0.15) is 0 Å². The Morgan fingerprint density at radius 2 is 2.43 bits per heavy atom. The molecule has 0 radical (unpaired) electrons. The first-order chi connectivity index (χ1) is 3.30. The van der Waals surface area contributed by atoms with E-state index in [0.29, 0.717) is 6.54 Å². The Morgan fingerprint density at radius 1 is 1.86 bits per heavy atom. The van der Waals surface area contributed by atoms with Crippen LogP contribution in [-0.2, 0) is 0 Å². The molecule has 0 aromatic heterocycles. The summed E-state index contributed by atoms with van der Waals surface area (Å²) < 4.78 is 0. The van der Waals surface area contributed by atoms with E-state index in [0.717, 1.165) is 11.6 Å². The van der Waals surface area contributed by atoms with Gasteiger partial charge in [-0.1, -0.05) is 0 Å². The highest BCUT2D eigenvalue weighted by Crippen LogP contribution is 1.89. The standard InChI is InChI=1S/C3H6N2O2/c6-3(7)5-2-1-4-5/h4H,1-2H2,(H,6,7). The number of hydrogen-bond donors (Lipinski definition) is 2. The van der Waals surface area contributed by atoms with Gasteiger partial charge in [0.2, 0.25) is 0 Å². The third-order valence-corrected chi connectivity index (χ3v) is 0.869. The maximum atomic E-state index is 9.85. The maximum Gasteiger partial charge on any atom is 0.421 e. The monoisotopic (exact) mass is 102 g/mol. The second-order valence-electron chi connectivity index (χ2n) is 1.34. The van der Waals surface area contributed by atoms with E-state index in [1.807, 2.05) is 0 Å². The predicted molar refractivity (Wildman–Crippen MR) is 22.7 cm³/mol. The number of carbonyl (C=O) groups is 1. The van der Waals surface area contributed by atoms with Crippen molar-refractivity contribution in [3.63, 3.8) is 0 Å². The Morgan fingerprint density at radius 3 is 2.43 bits per heavy atom. The second-order valence-corrected chi connectivity index (χ2v) is 1.34. The summed E-state index contributed by atoms with van der Waals surface area (Å²) in [5.41, 5.74) is 2.58. The van der Waals surface area contributed by atoms with Crippen LogP contribution in [0.5, 0.6) is 0 Å². The van der Waals surface area contributed by atoms with Crippen LogP contribution in [0.25, 0.3) is 0 Å². The van der Waals surface area contributed by atoms with Crippen LogP contribution in [0.4, 0.5) is 4.79 Å². The summed E-state index contributed by atoms with van der Waals surface area (Å²) in [7, 11) is 0. The topological polar surface area (TPSA) is 52.6 Å². The number of carboxylic acid groups (broad SMARTS) is 1. The zero-order chi connectivity index (χ0) is 5.28. The Balaban J connectivity index is 2.27. The molecule has 0 unspecified atom stereocenters. The molecule has 0 bridgehead atoms. The molecular formula is C3H6N2O2. The van der Waals surface area contributed by atoms with Crippen molar-refractivity contribution in [2.45, 2.75) is 0 Å². The number of nitrogens with one attached hydrogen (secondary N) is 1. The quantitative estimate of drug-likeness (QED) is 0.433. The SMILES string of the molecule is O=C(O)N1CCN1. The fourth-order valence-electron chi connectivity index (χ4n) is 0.387. The first kappa shape index (κ1) is 4.39. The van der Waals surface area contributed by atoms with Gasteiger partial charge in [0.25, 0.3) is 0 Å². The minimum absolute atomic E-state index is 0.620. The average Bonchev–Trinajstić information content (AvgIpc) is 1.23. The molecule has 2 N–H and O–H groups in total. The lowest BCUT2D eigenvalue weighted by atomic mass is 10.5. The van der Waals surface area contributed by atoms with Gasteiger partial charge in [-0.3, -0.25) is 0 Å². The Labute approximate surface area is 40.7 Å². The fourth-order valence-corrected chi connectivity index (χ4v) is 0.387. The molecular weight excluding hydrogens is 96.0 g/mol. The van der Waals surface area contributed by atoms with E-state index < -0.39 is 6.09 Å². The van der Waals surface area contributed by atoms with Crippen LogP contribution < -0.4 is 5.43 Å². The van der Waals surface area contributed by atoms with Gasteiger partial charge in [0.15, 0.2) is 0 Å². The molecule has 0 atom stereocenters. The lowest BCUT2D eigenvalue weighted by Crippen LogP contribution is -2.56. The van der Waals surface area contributed by atoms with Gasteiger partial charge >= 0.3 is 6.09 Å². The lowest BCUT2D eigenvalue weighted by Gasteiger charge is -2.28. The number of hydrogen-bond acceptors (Lipinski definition) is 2. The van der Waals surface area contributed by atoms with Gasteiger partial charge in [0, 0.05) is 6.54 Å². The zero-order valence-corrected chi connectivity index (χ0v) is 3.72. The molecule has 0 aromatic carbocycles. The summed E-state index contributed by atoms with van der Waals surface area (Å²) in [6.45, 7) is 1.40. The highest BCUT2D eigenvalue weighted by Gasteiger charge is 2.17. The van der Waals surface area contributed by atoms with E-state index in [1.54, 1.807) is 0 Å². The van der Waals surface area contributed by atoms with Crippen molar-refractivity contribution < 1.29 is 9.90 Å². The van der Waals surface area contributed by atoms with Gasteiger partial charge in [-0.05, 0) is 0 Å². The average molecular weight is 102 g/mol. The van der Waals surface area contributed by atoms with Crippen molar-refractivity contribution in [2.24, 2.45) is 0 Å². The van der Waals surface area contributed by atoms with E-state index >= 15 is 0 Å². The van der Waals surface area contributed by atoms with Crippen LogP contribution in [0.15, 0.2) is 0 Å². The molecule has 1 fully saturated rings. The molecule has 0 aliphatic carbocycles. The minimum atomic E-state index is -0.897. The Bertz CT molecular complexity index is 88.9. The Hall–Kier alpha value is -0.770. The zero-order valence-electron chi connectivity index (χ0n) is 3.72. The predicted octanol–water partition coefficient (Wildman–Crippen LogP) is -0.515. The van der Waals surface area contributed by atoms with Crippen molar-refractivity contribution in [1.82, 2.24) is 10.4 Å².